The predicted octanol–water partition coefficient (Wildman–Crippen LogP) is 2.49. The summed E-state index contributed by atoms with van der Waals surface area (Å²) in [5.41, 5.74) is 0.476. The van der Waals surface area contributed by atoms with E-state index in [4.69, 9.17) is 0 Å². The molecule has 1 rings (SSSR count). The van der Waals surface area contributed by atoms with Gasteiger partial charge in [0, 0.05) is 25.2 Å². The maximum atomic E-state index is 11.6. The molecule has 0 fully saturated rings. The Hall–Kier alpha value is -2.31. The summed E-state index contributed by atoms with van der Waals surface area (Å²) >= 11 is 0. The fourth-order valence-electron chi connectivity index (χ4n) is 1.88. The number of amides is 2. The monoisotopic (exact) mass is 294 g/mol. The normalized spacial score (nSPS) is 10.2. The summed E-state index contributed by atoms with van der Waals surface area (Å²) < 4.78 is 0. The van der Waals surface area contributed by atoms with Gasteiger partial charge in [-0.3, -0.25) is 10.1 Å². The average Bonchev–Trinajstić information content (AvgIpc) is 2.49. The molecule has 1 aromatic rings. The summed E-state index contributed by atoms with van der Waals surface area (Å²) in [5, 5.41) is 19.4. The Bertz CT molecular complexity index is 475. The lowest BCUT2D eigenvalue weighted by atomic mass is 10.2. The third kappa shape index (κ3) is 5.68. The summed E-state index contributed by atoms with van der Waals surface area (Å²) in [5.74, 6) is 0. The van der Waals surface area contributed by atoms with E-state index in [2.05, 4.69) is 16.0 Å². The van der Waals surface area contributed by atoms with Crippen LogP contribution >= 0.6 is 0 Å². The SMILES string of the molecule is CCC(CC)NC(=O)NCCNc1ccccc1[N+](=O)[O-]. The standard InChI is InChI=1S/C14H22N4O3/c1-3-11(4-2)17-14(19)16-10-9-15-12-7-5-6-8-13(12)18(20)21/h5-8,11,15H,3-4,9-10H2,1-2H3,(H2,16,17,19). The van der Waals surface area contributed by atoms with Crippen LogP contribution in [-0.2, 0) is 0 Å². The third-order valence-electron chi connectivity index (χ3n) is 3.15. The van der Waals surface area contributed by atoms with Crippen LogP contribution in [0.3, 0.4) is 0 Å². The molecule has 7 nitrogen and oxygen atoms in total. The summed E-state index contributed by atoms with van der Waals surface area (Å²) in [7, 11) is 0. The lowest BCUT2D eigenvalue weighted by molar-refractivity contribution is -0.384. The van der Waals surface area contributed by atoms with Crippen molar-refractivity contribution < 1.29 is 9.72 Å². The van der Waals surface area contributed by atoms with Crippen LogP contribution in [-0.4, -0.2) is 30.1 Å². The molecule has 116 valence electrons. The van der Waals surface area contributed by atoms with E-state index in [0.717, 1.165) is 12.8 Å². The first-order valence-electron chi connectivity index (χ1n) is 7.10. The molecule has 2 amide bonds. The van der Waals surface area contributed by atoms with Gasteiger partial charge in [0.15, 0.2) is 0 Å². The molecule has 0 aromatic heterocycles. The van der Waals surface area contributed by atoms with Gasteiger partial charge in [-0.25, -0.2) is 4.79 Å². The van der Waals surface area contributed by atoms with E-state index < -0.39 is 4.92 Å². The van der Waals surface area contributed by atoms with Gasteiger partial charge in [0.2, 0.25) is 0 Å². The van der Waals surface area contributed by atoms with Crippen molar-refractivity contribution in [1.29, 1.82) is 0 Å². The Morgan fingerprint density at radius 3 is 2.52 bits per heavy atom. The second kappa shape index (κ2) is 8.78. The van der Waals surface area contributed by atoms with Crippen molar-refractivity contribution in [3.05, 3.63) is 34.4 Å². The quantitative estimate of drug-likeness (QED) is 0.390. The van der Waals surface area contributed by atoms with Crippen molar-refractivity contribution in [2.24, 2.45) is 0 Å². The molecule has 0 aliphatic rings. The highest BCUT2D eigenvalue weighted by molar-refractivity contribution is 5.74. The molecule has 21 heavy (non-hydrogen) atoms. The first-order chi connectivity index (χ1) is 10.1. The number of rotatable bonds is 8. The molecule has 0 atom stereocenters. The van der Waals surface area contributed by atoms with Gasteiger partial charge >= 0.3 is 6.03 Å². The molecule has 7 heteroatoms. The Morgan fingerprint density at radius 1 is 1.24 bits per heavy atom. The van der Waals surface area contributed by atoms with Crippen molar-refractivity contribution in [3.63, 3.8) is 0 Å². The van der Waals surface area contributed by atoms with Gasteiger partial charge in [0.25, 0.3) is 5.69 Å². The van der Waals surface area contributed by atoms with Crippen LogP contribution in [0.25, 0.3) is 0 Å². The lowest BCUT2D eigenvalue weighted by Crippen LogP contribution is -2.43. The summed E-state index contributed by atoms with van der Waals surface area (Å²) in [6, 6.07) is 6.38. The molecule has 3 N–H and O–H groups in total. The van der Waals surface area contributed by atoms with Crippen LogP contribution in [0.2, 0.25) is 0 Å². The van der Waals surface area contributed by atoms with Gasteiger partial charge in [0.05, 0.1) is 4.92 Å². The van der Waals surface area contributed by atoms with Gasteiger partial charge in [-0.2, -0.15) is 0 Å². The number of para-hydroxylation sites is 2. The number of nitro benzene ring substituents is 1. The number of hydrogen-bond donors (Lipinski definition) is 3. The van der Waals surface area contributed by atoms with Crippen LogP contribution in [0.5, 0.6) is 0 Å². The first-order valence-corrected chi connectivity index (χ1v) is 7.10. The minimum Gasteiger partial charge on any atom is -0.378 e. The number of nitro groups is 1. The minimum absolute atomic E-state index is 0.0268. The summed E-state index contributed by atoms with van der Waals surface area (Å²) in [6.45, 7) is 4.84. The summed E-state index contributed by atoms with van der Waals surface area (Å²) in [6.07, 6.45) is 1.77. The van der Waals surface area contributed by atoms with Gasteiger partial charge < -0.3 is 16.0 Å². The first kappa shape index (κ1) is 16.7. The van der Waals surface area contributed by atoms with Gasteiger partial charge in [-0.15, -0.1) is 0 Å². The molecule has 0 radical (unpaired) electrons. The second-order valence-corrected chi connectivity index (χ2v) is 4.61. The van der Waals surface area contributed by atoms with Gasteiger partial charge in [0.1, 0.15) is 5.69 Å². The molecule has 0 unspecified atom stereocenters. The van der Waals surface area contributed by atoms with E-state index in [1.165, 1.54) is 6.07 Å². The van der Waals surface area contributed by atoms with Crippen LogP contribution in [0, 0.1) is 10.1 Å². The smallest absolute Gasteiger partial charge is 0.315 e. The highest BCUT2D eigenvalue weighted by atomic mass is 16.6. The van der Waals surface area contributed by atoms with E-state index in [9.17, 15) is 14.9 Å². The molecule has 1 aromatic carbocycles. The molecular formula is C14H22N4O3. The molecule has 0 saturated heterocycles. The van der Waals surface area contributed by atoms with E-state index in [1.807, 2.05) is 13.8 Å². The average molecular weight is 294 g/mol. The minimum atomic E-state index is -0.435. The maximum absolute atomic E-state index is 11.6. The molecule has 0 aliphatic heterocycles. The fraction of sp³-hybridized carbons (Fsp3) is 0.500. The van der Waals surface area contributed by atoms with Crippen LogP contribution < -0.4 is 16.0 Å². The molecule has 0 bridgehead atoms. The largest absolute Gasteiger partial charge is 0.378 e. The molecule has 0 heterocycles. The number of nitrogens with zero attached hydrogens (tertiary/aromatic N) is 1. The van der Waals surface area contributed by atoms with Crippen molar-refractivity contribution in [2.45, 2.75) is 32.7 Å². The van der Waals surface area contributed by atoms with Crippen molar-refractivity contribution in [3.8, 4) is 0 Å². The van der Waals surface area contributed by atoms with Crippen molar-refractivity contribution >= 4 is 17.4 Å². The highest BCUT2D eigenvalue weighted by Gasteiger charge is 2.11. The number of hydrogen-bond acceptors (Lipinski definition) is 4. The molecular weight excluding hydrogens is 272 g/mol. The second-order valence-electron chi connectivity index (χ2n) is 4.61. The number of nitrogens with one attached hydrogen (secondary N) is 3. The zero-order valence-corrected chi connectivity index (χ0v) is 12.4. The Kier molecular flexibility index (Phi) is 7.00. The van der Waals surface area contributed by atoms with E-state index in [0.29, 0.717) is 18.8 Å². The van der Waals surface area contributed by atoms with E-state index >= 15 is 0 Å². The Morgan fingerprint density at radius 2 is 1.90 bits per heavy atom. The Balaban J connectivity index is 2.35. The zero-order valence-electron chi connectivity index (χ0n) is 12.4. The number of benzene rings is 1. The van der Waals surface area contributed by atoms with Gasteiger partial charge in [-0.05, 0) is 18.9 Å². The van der Waals surface area contributed by atoms with Crippen molar-refractivity contribution in [1.82, 2.24) is 10.6 Å². The number of carbonyl (C=O) groups excluding carboxylic acids is 1. The zero-order chi connectivity index (χ0) is 15.7. The molecule has 0 spiro atoms. The molecule has 0 saturated carbocycles. The Labute approximate surface area is 124 Å². The van der Waals surface area contributed by atoms with E-state index in [1.54, 1.807) is 18.2 Å². The molecule has 0 aliphatic carbocycles. The van der Waals surface area contributed by atoms with Gasteiger partial charge in [-0.1, -0.05) is 26.0 Å². The number of carbonyl (C=O) groups is 1. The van der Waals surface area contributed by atoms with E-state index in [-0.39, 0.29) is 17.8 Å². The highest BCUT2D eigenvalue weighted by Crippen LogP contribution is 2.22. The third-order valence-corrected chi connectivity index (χ3v) is 3.15. The maximum Gasteiger partial charge on any atom is 0.315 e. The van der Waals surface area contributed by atoms with Crippen LogP contribution in [0.15, 0.2) is 24.3 Å². The topological polar surface area (TPSA) is 96.3 Å². The summed E-state index contributed by atoms with van der Waals surface area (Å²) in [4.78, 5) is 22.0. The van der Waals surface area contributed by atoms with Crippen molar-refractivity contribution in [2.75, 3.05) is 18.4 Å². The van der Waals surface area contributed by atoms with Crippen LogP contribution in [0.1, 0.15) is 26.7 Å². The van der Waals surface area contributed by atoms with Crippen LogP contribution in [0.4, 0.5) is 16.2 Å². The number of urea groups is 1. The fourth-order valence-corrected chi connectivity index (χ4v) is 1.88. The predicted molar refractivity (Wildman–Crippen MR) is 82.5 cm³/mol. The number of anilines is 1. The lowest BCUT2D eigenvalue weighted by Gasteiger charge is -2.15.